The molecule has 3 rings (SSSR count). The van der Waals surface area contributed by atoms with Gasteiger partial charge in [0.15, 0.2) is 0 Å². The van der Waals surface area contributed by atoms with Crippen LogP contribution in [0.4, 0.5) is 0 Å². The van der Waals surface area contributed by atoms with Gasteiger partial charge in [0.1, 0.15) is 18.3 Å². The van der Waals surface area contributed by atoms with Gasteiger partial charge in [-0.2, -0.15) is 0 Å². The third kappa shape index (κ3) is 4.74. The van der Waals surface area contributed by atoms with Crippen LogP contribution in [0.2, 0.25) is 0 Å². The van der Waals surface area contributed by atoms with Crippen LogP contribution >= 0.6 is 0 Å². The Morgan fingerprint density at radius 3 is 2.06 bits per heavy atom. The zero-order valence-corrected chi connectivity index (χ0v) is 20.5. The number of fused-ring (bicyclic) bond motifs is 1. The zero-order valence-electron chi connectivity index (χ0n) is 20.5. The number of hydrogen-bond donors (Lipinski definition) is 0. The van der Waals surface area contributed by atoms with Gasteiger partial charge in [-0.1, -0.05) is 33.8 Å². The summed E-state index contributed by atoms with van der Waals surface area (Å²) in [5, 5.41) is 0. The van der Waals surface area contributed by atoms with Crippen molar-refractivity contribution < 1.29 is 28.6 Å². The van der Waals surface area contributed by atoms with Gasteiger partial charge in [0.25, 0.3) is 0 Å². The molecule has 3 unspecified atom stereocenters. The SMILES string of the molecule is C=C1C2CC[C@@]3(C)[C@@H]2C(C)C(CC[C@@H](C)CC[C@H]1OC(C)=O)[C@@H](OC(C)=O)[C@@H]3OC(C)=O. The maximum absolute atomic E-state index is 12.1. The fourth-order valence-electron chi connectivity index (χ4n) is 7.12. The fourth-order valence-corrected chi connectivity index (χ4v) is 7.12. The minimum absolute atomic E-state index is 0.0995. The highest BCUT2D eigenvalue weighted by molar-refractivity contribution is 5.68. The predicted molar refractivity (Wildman–Crippen MR) is 120 cm³/mol. The number of carbonyl (C=O) groups is 3. The second-order valence-corrected chi connectivity index (χ2v) is 10.7. The van der Waals surface area contributed by atoms with E-state index in [9.17, 15) is 14.4 Å². The maximum atomic E-state index is 12.1. The Morgan fingerprint density at radius 1 is 0.875 bits per heavy atom. The maximum Gasteiger partial charge on any atom is 0.303 e. The van der Waals surface area contributed by atoms with Gasteiger partial charge in [-0.25, -0.2) is 0 Å². The van der Waals surface area contributed by atoms with Gasteiger partial charge in [-0.3, -0.25) is 14.4 Å². The molecular weight excluding hydrogens is 408 g/mol. The highest BCUT2D eigenvalue weighted by Crippen LogP contribution is 2.62. The smallest absolute Gasteiger partial charge is 0.303 e. The van der Waals surface area contributed by atoms with E-state index in [-0.39, 0.29) is 53.1 Å². The van der Waals surface area contributed by atoms with E-state index in [1.807, 2.05) is 0 Å². The van der Waals surface area contributed by atoms with E-state index in [0.29, 0.717) is 5.92 Å². The van der Waals surface area contributed by atoms with Crippen molar-refractivity contribution in [2.75, 3.05) is 0 Å². The lowest BCUT2D eigenvalue weighted by atomic mass is 9.55. The molecule has 0 aromatic heterocycles. The first-order valence-electron chi connectivity index (χ1n) is 12.2. The number of hydrogen-bond acceptors (Lipinski definition) is 6. The first-order valence-corrected chi connectivity index (χ1v) is 12.2. The van der Waals surface area contributed by atoms with Crippen molar-refractivity contribution in [3.63, 3.8) is 0 Å². The molecule has 32 heavy (non-hydrogen) atoms. The lowest BCUT2D eigenvalue weighted by Gasteiger charge is -2.54. The van der Waals surface area contributed by atoms with Crippen molar-refractivity contribution in [3.05, 3.63) is 12.2 Å². The Kier molecular flexibility index (Phi) is 7.41. The summed E-state index contributed by atoms with van der Waals surface area (Å²) < 4.78 is 17.6. The first kappa shape index (κ1) is 24.8. The Bertz CT molecular complexity index is 759. The van der Waals surface area contributed by atoms with Gasteiger partial charge in [-0.15, -0.1) is 0 Å². The van der Waals surface area contributed by atoms with Crippen LogP contribution in [0.1, 0.15) is 80.1 Å². The molecule has 0 aliphatic heterocycles. The molecule has 6 heteroatoms. The Labute approximate surface area is 192 Å². The van der Waals surface area contributed by atoms with Gasteiger partial charge in [0.2, 0.25) is 0 Å². The normalized spacial score (nSPS) is 41.9. The van der Waals surface area contributed by atoms with Crippen LogP contribution in [-0.2, 0) is 28.6 Å². The van der Waals surface area contributed by atoms with Crippen molar-refractivity contribution in [1.82, 2.24) is 0 Å². The third-order valence-corrected chi connectivity index (χ3v) is 8.51. The number of carbonyl (C=O) groups excluding carboxylic acids is 3. The number of esters is 3. The minimum Gasteiger partial charge on any atom is -0.458 e. The van der Waals surface area contributed by atoms with Gasteiger partial charge in [0, 0.05) is 32.1 Å². The van der Waals surface area contributed by atoms with Crippen LogP contribution in [-0.4, -0.2) is 36.2 Å². The molecular formula is C26H40O6. The largest absolute Gasteiger partial charge is 0.458 e. The summed E-state index contributed by atoms with van der Waals surface area (Å²) in [6.07, 6.45) is 4.12. The van der Waals surface area contributed by atoms with Gasteiger partial charge in [0.05, 0.1) is 0 Å². The Hall–Kier alpha value is -1.85. The number of ether oxygens (including phenoxy) is 3. The third-order valence-electron chi connectivity index (χ3n) is 8.51. The highest BCUT2D eigenvalue weighted by atomic mass is 16.6. The van der Waals surface area contributed by atoms with E-state index >= 15 is 0 Å². The molecule has 3 aliphatic carbocycles. The molecule has 0 heterocycles. The van der Waals surface area contributed by atoms with Gasteiger partial charge >= 0.3 is 17.9 Å². The van der Waals surface area contributed by atoms with Crippen molar-refractivity contribution in [1.29, 1.82) is 0 Å². The average molecular weight is 449 g/mol. The standard InChI is InChI=1S/C26H40O6/c1-14-8-10-21-16(3)23-20(15(2)22(11-9-14)30-17(4)27)12-13-26(23,7)25(32-19(6)29)24(21)31-18(5)28/h14,16,20-25H,2,8-13H2,1,3-7H3/t14-,16?,20?,21?,22-,23-,24-,25+,26+/m1/s1. The molecule has 0 aromatic carbocycles. The average Bonchev–Trinajstić information content (AvgIpc) is 3.04. The fraction of sp³-hybridized carbons (Fsp3) is 0.808. The summed E-state index contributed by atoms with van der Waals surface area (Å²) in [6.45, 7) is 15.4. The second-order valence-electron chi connectivity index (χ2n) is 10.7. The lowest BCUT2D eigenvalue weighted by Crippen LogP contribution is -2.59. The van der Waals surface area contributed by atoms with Crippen LogP contribution in [0.15, 0.2) is 12.2 Å². The summed E-state index contributed by atoms with van der Waals surface area (Å²) in [6, 6.07) is 0. The molecule has 3 saturated carbocycles. The Balaban J connectivity index is 2.08. The van der Waals surface area contributed by atoms with Crippen LogP contribution in [0.25, 0.3) is 0 Å². The lowest BCUT2D eigenvalue weighted by molar-refractivity contribution is -0.209. The summed E-state index contributed by atoms with van der Waals surface area (Å²) in [5.74, 6) is 0.211. The molecule has 2 bridgehead atoms. The molecule has 0 aromatic rings. The zero-order chi connectivity index (χ0) is 23.8. The van der Waals surface area contributed by atoms with E-state index in [0.717, 1.165) is 44.1 Å². The van der Waals surface area contributed by atoms with Crippen molar-refractivity contribution in [2.24, 2.45) is 35.0 Å². The van der Waals surface area contributed by atoms with E-state index < -0.39 is 12.2 Å². The molecule has 6 nitrogen and oxygen atoms in total. The van der Waals surface area contributed by atoms with Crippen molar-refractivity contribution >= 4 is 17.9 Å². The number of rotatable bonds is 3. The first-order chi connectivity index (χ1) is 15.0. The van der Waals surface area contributed by atoms with Gasteiger partial charge < -0.3 is 14.2 Å². The van der Waals surface area contributed by atoms with Crippen LogP contribution in [0.5, 0.6) is 0 Å². The summed E-state index contributed by atoms with van der Waals surface area (Å²) in [4.78, 5) is 36.1. The topological polar surface area (TPSA) is 78.9 Å². The summed E-state index contributed by atoms with van der Waals surface area (Å²) in [7, 11) is 0. The predicted octanol–water partition coefficient (Wildman–Crippen LogP) is 4.85. The second kappa shape index (κ2) is 9.56. The molecule has 3 fully saturated rings. The summed E-state index contributed by atoms with van der Waals surface area (Å²) in [5.41, 5.74) is 0.650. The molecule has 0 radical (unpaired) electrons. The monoisotopic (exact) mass is 448 g/mol. The molecule has 9 atom stereocenters. The van der Waals surface area contributed by atoms with E-state index in [2.05, 4.69) is 27.4 Å². The highest BCUT2D eigenvalue weighted by Gasteiger charge is 2.63. The van der Waals surface area contributed by atoms with Gasteiger partial charge in [-0.05, 0) is 61.3 Å². The van der Waals surface area contributed by atoms with Crippen molar-refractivity contribution in [2.45, 2.75) is 98.4 Å². The van der Waals surface area contributed by atoms with E-state index in [4.69, 9.17) is 14.2 Å². The van der Waals surface area contributed by atoms with Crippen molar-refractivity contribution in [3.8, 4) is 0 Å². The molecule has 3 aliphatic rings. The van der Waals surface area contributed by atoms with E-state index in [1.54, 1.807) is 0 Å². The van der Waals surface area contributed by atoms with E-state index in [1.165, 1.54) is 20.8 Å². The molecule has 180 valence electrons. The Morgan fingerprint density at radius 2 is 1.47 bits per heavy atom. The minimum atomic E-state index is -0.490. The molecule has 0 saturated heterocycles. The quantitative estimate of drug-likeness (QED) is 0.349. The van der Waals surface area contributed by atoms with Crippen LogP contribution < -0.4 is 0 Å². The van der Waals surface area contributed by atoms with Crippen LogP contribution in [0, 0.1) is 35.0 Å². The molecule has 0 spiro atoms. The molecule has 0 amide bonds. The molecule has 0 N–H and O–H groups in total. The van der Waals surface area contributed by atoms with Crippen LogP contribution in [0.3, 0.4) is 0 Å². The summed E-state index contributed by atoms with van der Waals surface area (Å²) >= 11 is 0.